The van der Waals surface area contributed by atoms with E-state index in [1.165, 1.54) is 7.11 Å². The Kier molecular flexibility index (Phi) is 4.52. The van der Waals surface area contributed by atoms with Gasteiger partial charge >= 0.3 is 5.97 Å². The summed E-state index contributed by atoms with van der Waals surface area (Å²) in [7, 11) is 1.30. The molecule has 0 aromatic rings. The Morgan fingerprint density at radius 3 is 2.58 bits per heavy atom. The van der Waals surface area contributed by atoms with E-state index in [1.807, 2.05) is 0 Å². The van der Waals surface area contributed by atoms with Gasteiger partial charge in [-0.15, -0.1) is 0 Å². The van der Waals surface area contributed by atoms with Crippen LogP contribution in [0.25, 0.3) is 0 Å². The monoisotopic (exact) mass is 171 g/mol. The standard InChI is InChI=1S/C7H13N3O2/c1-5(6(11)12-2)3-4-10-7(8)9/h1,3-4H2,2H3,(H4,8,9,10). The molecule has 0 unspecified atom stereocenters. The molecule has 12 heavy (non-hydrogen) atoms. The Morgan fingerprint density at radius 1 is 1.58 bits per heavy atom. The molecular weight excluding hydrogens is 158 g/mol. The number of nitrogens with zero attached hydrogens (tertiary/aromatic N) is 1. The normalized spacial score (nSPS) is 8.75. The van der Waals surface area contributed by atoms with Gasteiger partial charge in [0.05, 0.1) is 7.11 Å². The lowest BCUT2D eigenvalue weighted by Gasteiger charge is -2.00. The molecule has 0 saturated carbocycles. The third-order valence-electron chi connectivity index (χ3n) is 1.18. The largest absolute Gasteiger partial charge is 0.466 e. The molecule has 0 aliphatic carbocycles. The second-order valence-electron chi connectivity index (χ2n) is 2.15. The highest BCUT2D eigenvalue weighted by Gasteiger charge is 2.04. The van der Waals surface area contributed by atoms with Gasteiger partial charge in [-0.25, -0.2) is 4.79 Å². The van der Waals surface area contributed by atoms with E-state index in [2.05, 4.69) is 16.3 Å². The van der Waals surface area contributed by atoms with Gasteiger partial charge in [0.2, 0.25) is 0 Å². The van der Waals surface area contributed by atoms with Crippen LogP contribution in [0.1, 0.15) is 6.42 Å². The quantitative estimate of drug-likeness (QED) is 0.255. The minimum atomic E-state index is -0.430. The number of ether oxygens (including phenoxy) is 1. The number of carbonyl (C=O) groups excluding carboxylic acids is 1. The van der Waals surface area contributed by atoms with Gasteiger partial charge < -0.3 is 16.2 Å². The van der Waals surface area contributed by atoms with E-state index in [1.54, 1.807) is 0 Å². The van der Waals surface area contributed by atoms with Crippen molar-refractivity contribution in [1.82, 2.24) is 0 Å². The van der Waals surface area contributed by atoms with Gasteiger partial charge in [-0.2, -0.15) is 0 Å². The predicted octanol–water partition coefficient (Wildman–Crippen LogP) is -0.621. The average molecular weight is 171 g/mol. The van der Waals surface area contributed by atoms with Gasteiger partial charge in [-0.1, -0.05) is 6.58 Å². The number of aliphatic imine (C=N–C) groups is 1. The van der Waals surface area contributed by atoms with E-state index in [-0.39, 0.29) is 5.96 Å². The second kappa shape index (κ2) is 5.17. The van der Waals surface area contributed by atoms with Crippen molar-refractivity contribution in [3.05, 3.63) is 12.2 Å². The minimum absolute atomic E-state index is 0.00710. The molecular formula is C7H13N3O2. The van der Waals surface area contributed by atoms with E-state index in [0.29, 0.717) is 18.5 Å². The third kappa shape index (κ3) is 4.32. The highest BCUT2D eigenvalue weighted by atomic mass is 16.5. The fourth-order valence-electron chi connectivity index (χ4n) is 0.566. The summed E-state index contributed by atoms with van der Waals surface area (Å²) in [5.74, 6) is -0.423. The van der Waals surface area contributed by atoms with Crippen LogP contribution >= 0.6 is 0 Å². The van der Waals surface area contributed by atoms with Crippen LogP contribution in [0.3, 0.4) is 0 Å². The van der Waals surface area contributed by atoms with Crippen LogP contribution in [0.15, 0.2) is 17.1 Å². The van der Waals surface area contributed by atoms with Gasteiger partial charge in [0.1, 0.15) is 0 Å². The molecule has 0 spiro atoms. The summed E-state index contributed by atoms with van der Waals surface area (Å²) in [4.78, 5) is 14.4. The smallest absolute Gasteiger partial charge is 0.333 e. The first-order chi connectivity index (χ1) is 5.57. The van der Waals surface area contributed by atoms with E-state index in [0.717, 1.165) is 0 Å². The van der Waals surface area contributed by atoms with Crippen molar-refractivity contribution in [1.29, 1.82) is 0 Å². The van der Waals surface area contributed by atoms with Crippen molar-refractivity contribution >= 4 is 11.9 Å². The summed E-state index contributed by atoms with van der Waals surface area (Å²) >= 11 is 0. The Labute approximate surface area is 71.1 Å². The van der Waals surface area contributed by atoms with Crippen molar-refractivity contribution < 1.29 is 9.53 Å². The maximum Gasteiger partial charge on any atom is 0.333 e. The molecule has 0 fully saturated rings. The first-order valence-electron chi connectivity index (χ1n) is 3.39. The van der Waals surface area contributed by atoms with Crippen molar-refractivity contribution in [2.45, 2.75) is 6.42 Å². The van der Waals surface area contributed by atoms with Crippen LogP contribution < -0.4 is 11.5 Å². The Hall–Kier alpha value is -1.52. The number of carbonyl (C=O) groups is 1. The second-order valence-corrected chi connectivity index (χ2v) is 2.15. The molecule has 68 valence electrons. The molecule has 0 aromatic heterocycles. The summed E-state index contributed by atoms with van der Waals surface area (Å²) in [5.41, 5.74) is 10.5. The molecule has 4 N–H and O–H groups in total. The molecule has 0 radical (unpaired) electrons. The number of hydrogen-bond donors (Lipinski definition) is 2. The Bertz CT molecular complexity index is 207. The number of esters is 1. The van der Waals surface area contributed by atoms with E-state index in [9.17, 15) is 4.79 Å². The molecule has 5 nitrogen and oxygen atoms in total. The van der Waals surface area contributed by atoms with Crippen molar-refractivity contribution in [2.75, 3.05) is 13.7 Å². The molecule has 0 aliphatic rings. The zero-order valence-corrected chi connectivity index (χ0v) is 7.04. The van der Waals surface area contributed by atoms with Crippen LogP contribution in [0.5, 0.6) is 0 Å². The highest BCUT2D eigenvalue weighted by molar-refractivity contribution is 5.87. The molecule has 5 heteroatoms. The first-order valence-corrected chi connectivity index (χ1v) is 3.39. The zero-order valence-electron chi connectivity index (χ0n) is 7.04. The molecule has 0 atom stereocenters. The number of methoxy groups -OCH3 is 1. The minimum Gasteiger partial charge on any atom is -0.466 e. The lowest BCUT2D eigenvalue weighted by molar-refractivity contribution is -0.136. The van der Waals surface area contributed by atoms with Gasteiger partial charge in [0.25, 0.3) is 0 Å². The van der Waals surface area contributed by atoms with E-state index in [4.69, 9.17) is 11.5 Å². The number of rotatable bonds is 4. The van der Waals surface area contributed by atoms with Gasteiger partial charge in [-0.3, -0.25) is 4.99 Å². The first kappa shape index (κ1) is 10.5. The molecule has 0 saturated heterocycles. The fraction of sp³-hybridized carbons (Fsp3) is 0.429. The van der Waals surface area contributed by atoms with Crippen molar-refractivity contribution in [3.8, 4) is 0 Å². The lowest BCUT2D eigenvalue weighted by atomic mass is 10.2. The van der Waals surface area contributed by atoms with Gasteiger partial charge in [0, 0.05) is 12.1 Å². The molecule has 0 bridgehead atoms. The van der Waals surface area contributed by atoms with Crippen LogP contribution in [0.2, 0.25) is 0 Å². The SMILES string of the molecule is C=C(CCN=C(N)N)C(=O)OC. The maximum atomic E-state index is 10.8. The summed E-state index contributed by atoms with van der Waals surface area (Å²) in [6.07, 6.45) is 0.407. The van der Waals surface area contributed by atoms with Crippen LogP contribution in [0.4, 0.5) is 0 Å². The van der Waals surface area contributed by atoms with Crippen LogP contribution in [0, 0.1) is 0 Å². The van der Waals surface area contributed by atoms with Crippen molar-refractivity contribution in [3.63, 3.8) is 0 Å². The lowest BCUT2D eigenvalue weighted by Crippen LogP contribution is -2.23. The van der Waals surface area contributed by atoms with Gasteiger partial charge in [-0.05, 0) is 6.42 Å². The highest BCUT2D eigenvalue weighted by Crippen LogP contribution is 1.99. The molecule has 0 rings (SSSR count). The van der Waals surface area contributed by atoms with Crippen molar-refractivity contribution in [2.24, 2.45) is 16.5 Å². The summed E-state index contributed by atoms with van der Waals surface area (Å²) in [6.45, 7) is 3.85. The summed E-state index contributed by atoms with van der Waals surface area (Å²) < 4.78 is 4.42. The molecule has 0 aliphatic heterocycles. The zero-order chi connectivity index (χ0) is 9.56. The predicted molar refractivity (Wildman–Crippen MR) is 46.4 cm³/mol. The van der Waals surface area contributed by atoms with Crippen LogP contribution in [-0.2, 0) is 9.53 Å². The third-order valence-corrected chi connectivity index (χ3v) is 1.18. The van der Waals surface area contributed by atoms with E-state index < -0.39 is 5.97 Å². The molecule has 0 amide bonds. The number of nitrogens with two attached hydrogens (primary N) is 2. The number of guanidine groups is 1. The fourth-order valence-corrected chi connectivity index (χ4v) is 0.566. The topological polar surface area (TPSA) is 90.7 Å². The van der Waals surface area contributed by atoms with E-state index >= 15 is 0 Å². The maximum absolute atomic E-state index is 10.8. The van der Waals surface area contributed by atoms with Crippen LogP contribution in [-0.4, -0.2) is 25.6 Å². The molecule has 0 aromatic carbocycles. The average Bonchev–Trinajstić information content (AvgIpc) is 2.02. The Balaban J connectivity index is 3.73. The van der Waals surface area contributed by atoms with Gasteiger partial charge in [0.15, 0.2) is 5.96 Å². The molecule has 0 heterocycles. The summed E-state index contributed by atoms with van der Waals surface area (Å²) in [5, 5.41) is 0. The summed E-state index contributed by atoms with van der Waals surface area (Å²) in [6, 6.07) is 0. The Morgan fingerprint density at radius 2 is 2.17 bits per heavy atom. The number of hydrogen-bond acceptors (Lipinski definition) is 3.